The smallest absolute Gasteiger partial charge is 0.291 e. The van der Waals surface area contributed by atoms with Gasteiger partial charge in [0.2, 0.25) is 0 Å². The maximum atomic E-state index is 12.0. The highest BCUT2D eigenvalue weighted by Crippen LogP contribution is 2.23. The first-order valence-corrected chi connectivity index (χ1v) is 6.47. The van der Waals surface area contributed by atoms with E-state index in [9.17, 15) is 4.79 Å². The van der Waals surface area contributed by atoms with Crippen molar-refractivity contribution < 1.29 is 13.9 Å². The highest BCUT2D eigenvalue weighted by molar-refractivity contribution is 6.02. The fourth-order valence-corrected chi connectivity index (χ4v) is 1.86. The minimum atomic E-state index is -0.287. The monoisotopic (exact) mass is 274 g/mol. The minimum Gasteiger partial charge on any atom is -0.494 e. The van der Waals surface area contributed by atoms with Crippen LogP contribution in [0, 0.1) is 6.92 Å². The Balaban J connectivity index is 2.15. The van der Waals surface area contributed by atoms with E-state index in [1.807, 2.05) is 6.92 Å². The summed E-state index contributed by atoms with van der Waals surface area (Å²) in [4.78, 5) is 12.0. The van der Waals surface area contributed by atoms with E-state index in [0.29, 0.717) is 24.6 Å². The SMILES string of the molecule is CCOc1ccc(NC(=O)c2ccc(C)o2)cc1CN. The Morgan fingerprint density at radius 2 is 2.15 bits per heavy atom. The number of anilines is 1. The number of hydrogen-bond donors (Lipinski definition) is 2. The van der Waals surface area contributed by atoms with E-state index >= 15 is 0 Å². The van der Waals surface area contributed by atoms with Crippen molar-refractivity contribution >= 4 is 11.6 Å². The molecule has 0 spiro atoms. The van der Waals surface area contributed by atoms with Gasteiger partial charge in [-0.05, 0) is 44.2 Å². The van der Waals surface area contributed by atoms with Crippen molar-refractivity contribution in [1.29, 1.82) is 0 Å². The van der Waals surface area contributed by atoms with Gasteiger partial charge in [-0.2, -0.15) is 0 Å². The molecule has 0 aliphatic carbocycles. The predicted octanol–water partition coefficient (Wildman–Crippen LogP) is 2.70. The number of aryl methyl sites for hydroxylation is 1. The Hall–Kier alpha value is -2.27. The molecule has 1 aromatic heterocycles. The van der Waals surface area contributed by atoms with E-state index in [1.54, 1.807) is 37.3 Å². The van der Waals surface area contributed by atoms with E-state index in [-0.39, 0.29) is 11.7 Å². The molecule has 0 bridgehead atoms. The van der Waals surface area contributed by atoms with Crippen molar-refractivity contribution in [2.75, 3.05) is 11.9 Å². The second kappa shape index (κ2) is 6.25. The van der Waals surface area contributed by atoms with Crippen molar-refractivity contribution in [2.24, 2.45) is 5.73 Å². The van der Waals surface area contributed by atoms with Crippen LogP contribution >= 0.6 is 0 Å². The molecule has 20 heavy (non-hydrogen) atoms. The first-order chi connectivity index (χ1) is 9.63. The molecule has 0 aliphatic heterocycles. The zero-order valence-electron chi connectivity index (χ0n) is 11.6. The number of furan rings is 1. The number of nitrogens with two attached hydrogens (primary N) is 1. The maximum absolute atomic E-state index is 12.0. The van der Waals surface area contributed by atoms with Gasteiger partial charge in [0.05, 0.1) is 6.61 Å². The number of carbonyl (C=O) groups is 1. The summed E-state index contributed by atoms with van der Waals surface area (Å²) in [6, 6.07) is 8.77. The van der Waals surface area contributed by atoms with Gasteiger partial charge in [-0.25, -0.2) is 0 Å². The molecule has 0 fully saturated rings. The normalized spacial score (nSPS) is 10.3. The molecule has 1 amide bonds. The zero-order chi connectivity index (χ0) is 14.5. The molecule has 2 aromatic rings. The maximum Gasteiger partial charge on any atom is 0.291 e. The van der Waals surface area contributed by atoms with Gasteiger partial charge in [-0.1, -0.05) is 0 Å². The lowest BCUT2D eigenvalue weighted by atomic mass is 10.1. The fourth-order valence-electron chi connectivity index (χ4n) is 1.86. The fraction of sp³-hybridized carbons (Fsp3) is 0.267. The molecule has 2 rings (SSSR count). The molecule has 5 nitrogen and oxygen atoms in total. The van der Waals surface area contributed by atoms with E-state index in [4.69, 9.17) is 14.9 Å². The number of ether oxygens (including phenoxy) is 1. The Labute approximate surface area is 117 Å². The van der Waals surface area contributed by atoms with Crippen LogP contribution in [0.25, 0.3) is 0 Å². The lowest BCUT2D eigenvalue weighted by molar-refractivity contribution is 0.0995. The number of nitrogens with one attached hydrogen (secondary N) is 1. The molecule has 3 N–H and O–H groups in total. The van der Waals surface area contributed by atoms with Crippen molar-refractivity contribution in [1.82, 2.24) is 0 Å². The average Bonchev–Trinajstić information content (AvgIpc) is 2.87. The number of benzene rings is 1. The summed E-state index contributed by atoms with van der Waals surface area (Å²) in [5, 5.41) is 2.77. The van der Waals surface area contributed by atoms with Gasteiger partial charge >= 0.3 is 0 Å². The van der Waals surface area contributed by atoms with Gasteiger partial charge in [0.25, 0.3) is 5.91 Å². The zero-order valence-corrected chi connectivity index (χ0v) is 11.6. The van der Waals surface area contributed by atoms with E-state index in [1.165, 1.54) is 0 Å². The molecule has 5 heteroatoms. The standard InChI is InChI=1S/C15H18N2O3/c1-3-19-13-7-5-12(8-11(13)9-16)17-15(18)14-6-4-10(2)20-14/h4-8H,3,9,16H2,1-2H3,(H,17,18). The van der Waals surface area contributed by atoms with Gasteiger partial charge in [-0.3, -0.25) is 4.79 Å². The highest BCUT2D eigenvalue weighted by atomic mass is 16.5. The van der Waals surface area contributed by atoms with Crippen LogP contribution in [-0.2, 0) is 6.54 Å². The molecule has 1 heterocycles. The van der Waals surface area contributed by atoms with Gasteiger partial charge in [0, 0.05) is 17.8 Å². The summed E-state index contributed by atoms with van der Waals surface area (Å²) in [6.45, 7) is 4.62. The van der Waals surface area contributed by atoms with Crippen LogP contribution in [0.4, 0.5) is 5.69 Å². The summed E-state index contributed by atoms with van der Waals surface area (Å²) >= 11 is 0. The molecule has 106 valence electrons. The quantitative estimate of drug-likeness (QED) is 0.878. The molecule has 0 radical (unpaired) electrons. The van der Waals surface area contributed by atoms with Crippen molar-refractivity contribution in [3.63, 3.8) is 0 Å². The van der Waals surface area contributed by atoms with Crippen LogP contribution in [0.15, 0.2) is 34.7 Å². The van der Waals surface area contributed by atoms with E-state index in [0.717, 1.165) is 11.3 Å². The topological polar surface area (TPSA) is 77.5 Å². The molecule has 0 unspecified atom stereocenters. The highest BCUT2D eigenvalue weighted by Gasteiger charge is 2.11. The third-order valence-electron chi connectivity index (χ3n) is 2.80. The first kappa shape index (κ1) is 14.1. The Morgan fingerprint density at radius 1 is 1.35 bits per heavy atom. The van der Waals surface area contributed by atoms with Crippen molar-refractivity contribution in [2.45, 2.75) is 20.4 Å². The summed E-state index contributed by atoms with van der Waals surface area (Å²) in [7, 11) is 0. The number of carbonyl (C=O) groups excluding carboxylic acids is 1. The lowest BCUT2D eigenvalue weighted by Gasteiger charge is -2.11. The summed E-state index contributed by atoms with van der Waals surface area (Å²) < 4.78 is 10.7. The summed E-state index contributed by atoms with van der Waals surface area (Å²) in [5.74, 6) is 1.43. The summed E-state index contributed by atoms with van der Waals surface area (Å²) in [6.07, 6.45) is 0. The molecule has 1 aromatic carbocycles. The van der Waals surface area contributed by atoms with Gasteiger partial charge in [0.1, 0.15) is 11.5 Å². The van der Waals surface area contributed by atoms with Gasteiger partial charge in [-0.15, -0.1) is 0 Å². The largest absolute Gasteiger partial charge is 0.494 e. The molecular weight excluding hydrogens is 256 g/mol. The third-order valence-corrected chi connectivity index (χ3v) is 2.80. The van der Waals surface area contributed by atoms with Gasteiger partial charge in [0.15, 0.2) is 5.76 Å². The number of amides is 1. The van der Waals surface area contributed by atoms with Crippen LogP contribution in [0.3, 0.4) is 0 Å². The Kier molecular flexibility index (Phi) is 4.42. The second-order valence-electron chi connectivity index (χ2n) is 4.32. The Bertz CT molecular complexity index is 605. The lowest BCUT2D eigenvalue weighted by Crippen LogP contribution is -2.12. The molecular formula is C15H18N2O3. The van der Waals surface area contributed by atoms with Crippen LogP contribution in [0.2, 0.25) is 0 Å². The van der Waals surface area contributed by atoms with Crippen LogP contribution < -0.4 is 15.8 Å². The van der Waals surface area contributed by atoms with Crippen LogP contribution in [0.1, 0.15) is 28.8 Å². The van der Waals surface area contributed by atoms with Crippen LogP contribution in [-0.4, -0.2) is 12.5 Å². The van der Waals surface area contributed by atoms with Crippen molar-refractivity contribution in [3.05, 3.63) is 47.4 Å². The van der Waals surface area contributed by atoms with Gasteiger partial charge < -0.3 is 20.2 Å². The minimum absolute atomic E-state index is 0.283. The van der Waals surface area contributed by atoms with E-state index in [2.05, 4.69) is 5.32 Å². The number of hydrogen-bond acceptors (Lipinski definition) is 4. The average molecular weight is 274 g/mol. The van der Waals surface area contributed by atoms with E-state index < -0.39 is 0 Å². The summed E-state index contributed by atoms with van der Waals surface area (Å²) in [5.41, 5.74) is 7.19. The first-order valence-electron chi connectivity index (χ1n) is 6.47. The van der Waals surface area contributed by atoms with Crippen molar-refractivity contribution in [3.8, 4) is 5.75 Å². The van der Waals surface area contributed by atoms with Crippen LogP contribution in [0.5, 0.6) is 5.75 Å². The molecule has 0 atom stereocenters. The predicted molar refractivity (Wildman–Crippen MR) is 76.9 cm³/mol. The third kappa shape index (κ3) is 3.19. The number of rotatable bonds is 5. The molecule has 0 saturated heterocycles. The molecule has 0 saturated carbocycles. The molecule has 0 aliphatic rings. The Morgan fingerprint density at radius 3 is 2.75 bits per heavy atom. The second-order valence-corrected chi connectivity index (χ2v) is 4.32.